The Kier molecular flexibility index (Phi) is 4.47. The molecule has 0 heterocycles. The lowest BCUT2D eigenvalue weighted by Crippen LogP contribution is -1.95. The van der Waals surface area contributed by atoms with Gasteiger partial charge in [-0.3, -0.25) is 4.79 Å². The average molecular weight is 329 g/mol. The molecular weight excluding hydrogens is 315 g/mol. The summed E-state index contributed by atoms with van der Waals surface area (Å²) in [6.45, 7) is 0. The average Bonchev–Trinajstić information content (AvgIpc) is 2.85. The van der Waals surface area contributed by atoms with E-state index in [4.69, 9.17) is 23.2 Å². The van der Waals surface area contributed by atoms with Crippen LogP contribution in [0.5, 0.6) is 0 Å². The Morgan fingerprint density at radius 3 is 1.41 bits per heavy atom. The van der Waals surface area contributed by atoms with E-state index < -0.39 is 0 Å². The summed E-state index contributed by atoms with van der Waals surface area (Å²) in [6.07, 6.45) is 5.45. The fourth-order valence-corrected chi connectivity index (χ4v) is 2.75. The molecule has 0 aliphatic heterocycles. The van der Waals surface area contributed by atoms with Crippen molar-refractivity contribution in [2.45, 2.75) is 12.8 Å². The predicted molar refractivity (Wildman–Crippen MR) is 93.1 cm³/mol. The highest BCUT2D eigenvalue weighted by atomic mass is 35.5. The van der Waals surface area contributed by atoms with Crippen LogP contribution < -0.4 is 0 Å². The SMILES string of the molecule is O=C1/C(=C\c2ccc(Cl)cc2)CC/C1=C\c1ccc(Cl)cc1. The Morgan fingerprint density at radius 1 is 0.682 bits per heavy atom. The molecule has 2 aromatic rings. The summed E-state index contributed by atoms with van der Waals surface area (Å²) >= 11 is 11.8. The molecule has 0 aromatic heterocycles. The molecule has 1 fully saturated rings. The number of hydrogen-bond acceptors (Lipinski definition) is 1. The van der Waals surface area contributed by atoms with Gasteiger partial charge < -0.3 is 0 Å². The van der Waals surface area contributed by atoms with Gasteiger partial charge in [-0.25, -0.2) is 0 Å². The molecular formula is C19H14Cl2O. The molecule has 0 radical (unpaired) electrons. The van der Waals surface area contributed by atoms with E-state index in [9.17, 15) is 4.79 Å². The van der Waals surface area contributed by atoms with Crippen molar-refractivity contribution in [2.24, 2.45) is 0 Å². The number of benzene rings is 2. The van der Waals surface area contributed by atoms with Crippen molar-refractivity contribution in [3.05, 3.63) is 80.8 Å². The Balaban J connectivity index is 1.82. The maximum Gasteiger partial charge on any atom is 0.185 e. The number of halogens is 2. The molecule has 1 aliphatic carbocycles. The molecule has 1 nitrogen and oxygen atoms in total. The quantitative estimate of drug-likeness (QED) is 0.634. The van der Waals surface area contributed by atoms with Crippen LogP contribution in [0, 0.1) is 0 Å². The molecule has 0 amide bonds. The molecule has 2 aromatic carbocycles. The lowest BCUT2D eigenvalue weighted by molar-refractivity contribution is -0.111. The standard InChI is InChI=1S/C19H14Cl2O/c20-17-7-1-13(2-8-17)11-15-5-6-16(19(15)22)12-14-3-9-18(21)10-4-14/h1-4,7-12H,5-6H2/b15-11-,16-12+. The van der Waals surface area contributed by atoms with Crippen molar-refractivity contribution < 1.29 is 4.79 Å². The molecule has 3 rings (SSSR count). The highest BCUT2D eigenvalue weighted by molar-refractivity contribution is 6.30. The van der Waals surface area contributed by atoms with E-state index in [-0.39, 0.29) is 5.78 Å². The van der Waals surface area contributed by atoms with E-state index in [0.717, 1.165) is 35.1 Å². The molecule has 3 heteroatoms. The fourth-order valence-electron chi connectivity index (χ4n) is 2.50. The van der Waals surface area contributed by atoms with Gasteiger partial charge in [-0.2, -0.15) is 0 Å². The third kappa shape index (κ3) is 3.49. The smallest absolute Gasteiger partial charge is 0.185 e. The van der Waals surface area contributed by atoms with Gasteiger partial charge in [0, 0.05) is 21.2 Å². The number of carbonyl (C=O) groups is 1. The van der Waals surface area contributed by atoms with Gasteiger partial charge in [0.2, 0.25) is 0 Å². The Labute approximate surface area is 139 Å². The van der Waals surface area contributed by atoms with Crippen molar-refractivity contribution in [1.29, 1.82) is 0 Å². The number of allylic oxidation sites excluding steroid dienone is 2. The van der Waals surface area contributed by atoms with Crippen LogP contribution >= 0.6 is 23.2 Å². The molecule has 1 saturated carbocycles. The molecule has 22 heavy (non-hydrogen) atoms. The Hall–Kier alpha value is -1.83. The number of Topliss-reactive ketones (excluding diaryl/α,β-unsaturated/α-hetero) is 1. The molecule has 0 unspecified atom stereocenters. The second-order valence-electron chi connectivity index (χ2n) is 5.27. The lowest BCUT2D eigenvalue weighted by atomic mass is 10.1. The largest absolute Gasteiger partial charge is 0.289 e. The van der Waals surface area contributed by atoms with Crippen LogP contribution in [-0.4, -0.2) is 5.78 Å². The Morgan fingerprint density at radius 2 is 1.05 bits per heavy atom. The van der Waals surface area contributed by atoms with E-state index in [0.29, 0.717) is 10.0 Å². The zero-order valence-corrected chi connectivity index (χ0v) is 13.4. The van der Waals surface area contributed by atoms with E-state index in [2.05, 4.69) is 0 Å². The van der Waals surface area contributed by atoms with E-state index in [1.807, 2.05) is 60.7 Å². The second-order valence-corrected chi connectivity index (χ2v) is 6.14. The molecule has 0 atom stereocenters. The van der Waals surface area contributed by atoms with Crippen LogP contribution in [0.2, 0.25) is 10.0 Å². The van der Waals surface area contributed by atoms with E-state index >= 15 is 0 Å². The third-order valence-electron chi connectivity index (χ3n) is 3.67. The Bertz CT molecular complexity index is 688. The first-order valence-electron chi connectivity index (χ1n) is 7.09. The summed E-state index contributed by atoms with van der Waals surface area (Å²) in [5, 5.41) is 1.39. The zero-order chi connectivity index (χ0) is 15.5. The summed E-state index contributed by atoms with van der Waals surface area (Å²) < 4.78 is 0. The van der Waals surface area contributed by atoms with Crippen LogP contribution in [0.4, 0.5) is 0 Å². The van der Waals surface area contributed by atoms with Gasteiger partial charge in [0.05, 0.1) is 0 Å². The molecule has 0 bridgehead atoms. The highest BCUT2D eigenvalue weighted by Crippen LogP contribution is 2.29. The van der Waals surface area contributed by atoms with Crippen LogP contribution in [0.1, 0.15) is 24.0 Å². The third-order valence-corrected chi connectivity index (χ3v) is 4.17. The molecule has 110 valence electrons. The molecule has 0 spiro atoms. The van der Waals surface area contributed by atoms with Crippen molar-refractivity contribution in [3.63, 3.8) is 0 Å². The lowest BCUT2D eigenvalue weighted by Gasteiger charge is -1.98. The first-order chi connectivity index (χ1) is 10.6. The minimum Gasteiger partial charge on any atom is -0.289 e. The summed E-state index contributed by atoms with van der Waals surface area (Å²) in [4.78, 5) is 12.5. The maximum atomic E-state index is 12.5. The van der Waals surface area contributed by atoms with Crippen LogP contribution in [0.15, 0.2) is 59.7 Å². The van der Waals surface area contributed by atoms with Crippen LogP contribution in [0.25, 0.3) is 12.2 Å². The molecule has 0 N–H and O–H groups in total. The number of rotatable bonds is 2. The van der Waals surface area contributed by atoms with Crippen molar-refractivity contribution in [3.8, 4) is 0 Å². The molecule has 1 aliphatic rings. The van der Waals surface area contributed by atoms with Gasteiger partial charge in [0.1, 0.15) is 0 Å². The summed E-state index contributed by atoms with van der Waals surface area (Å²) in [6, 6.07) is 15.0. The topological polar surface area (TPSA) is 17.1 Å². The van der Waals surface area contributed by atoms with E-state index in [1.165, 1.54) is 0 Å². The van der Waals surface area contributed by atoms with Crippen molar-refractivity contribution >= 4 is 41.1 Å². The maximum absolute atomic E-state index is 12.5. The fraction of sp³-hybridized carbons (Fsp3) is 0.105. The zero-order valence-electron chi connectivity index (χ0n) is 11.9. The van der Waals surface area contributed by atoms with Crippen molar-refractivity contribution in [1.82, 2.24) is 0 Å². The minimum absolute atomic E-state index is 0.130. The van der Waals surface area contributed by atoms with Gasteiger partial charge in [-0.05, 0) is 60.4 Å². The van der Waals surface area contributed by atoms with Crippen LogP contribution in [0.3, 0.4) is 0 Å². The summed E-state index contributed by atoms with van der Waals surface area (Å²) in [7, 11) is 0. The first kappa shape index (κ1) is 15.1. The number of hydrogen-bond donors (Lipinski definition) is 0. The second kappa shape index (κ2) is 6.51. The van der Waals surface area contributed by atoms with Gasteiger partial charge in [0.15, 0.2) is 5.78 Å². The number of carbonyl (C=O) groups excluding carboxylic acids is 1. The molecule has 0 saturated heterocycles. The monoisotopic (exact) mass is 328 g/mol. The number of ketones is 1. The normalized spacial score (nSPS) is 18.4. The van der Waals surface area contributed by atoms with Gasteiger partial charge in [-0.15, -0.1) is 0 Å². The van der Waals surface area contributed by atoms with Crippen molar-refractivity contribution in [2.75, 3.05) is 0 Å². The van der Waals surface area contributed by atoms with E-state index in [1.54, 1.807) is 0 Å². The van der Waals surface area contributed by atoms with Crippen LogP contribution in [-0.2, 0) is 4.79 Å². The highest BCUT2D eigenvalue weighted by Gasteiger charge is 2.22. The summed E-state index contributed by atoms with van der Waals surface area (Å²) in [5.41, 5.74) is 3.70. The minimum atomic E-state index is 0.130. The van der Waals surface area contributed by atoms with Gasteiger partial charge in [0.25, 0.3) is 0 Å². The first-order valence-corrected chi connectivity index (χ1v) is 7.84. The van der Waals surface area contributed by atoms with Gasteiger partial charge >= 0.3 is 0 Å². The predicted octanol–water partition coefficient (Wildman–Crippen LogP) is 5.82. The summed E-state index contributed by atoms with van der Waals surface area (Å²) in [5.74, 6) is 0.130. The van der Waals surface area contributed by atoms with Gasteiger partial charge in [-0.1, -0.05) is 47.5 Å².